The fourth-order valence-electron chi connectivity index (χ4n) is 1.37. The highest BCUT2D eigenvalue weighted by molar-refractivity contribution is 7.80. The van der Waals surface area contributed by atoms with Gasteiger partial charge in [0.05, 0.1) is 6.54 Å². The summed E-state index contributed by atoms with van der Waals surface area (Å²) in [5, 5.41) is 17.3. The normalized spacial score (nSPS) is 10.5. The van der Waals surface area contributed by atoms with Crippen molar-refractivity contribution in [2.45, 2.75) is 46.6 Å². The van der Waals surface area contributed by atoms with Crippen LogP contribution in [0.2, 0.25) is 0 Å². The van der Waals surface area contributed by atoms with Crippen molar-refractivity contribution in [3.63, 3.8) is 0 Å². The zero-order valence-corrected chi connectivity index (χ0v) is 12.3. The van der Waals surface area contributed by atoms with Crippen molar-refractivity contribution in [1.29, 1.82) is 0 Å². The van der Waals surface area contributed by atoms with E-state index in [4.69, 9.17) is 12.2 Å². The highest BCUT2D eigenvalue weighted by Gasteiger charge is 2.09. The minimum absolute atomic E-state index is 0.120. The number of hydrogen-bond donors (Lipinski definition) is 2. The first kappa shape index (κ1) is 15.5. The molecular weight excluding hydrogens is 264 g/mol. The molecule has 1 aromatic heterocycles. The summed E-state index contributed by atoms with van der Waals surface area (Å²) in [6.45, 7) is 6.75. The number of tetrazole rings is 1. The Morgan fingerprint density at radius 2 is 2.21 bits per heavy atom. The van der Waals surface area contributed by atoms with Crippen LogP contribution in [-0.4, -0.2) is 31.2 Å². The SMILES string of the molecule is CCCCn1nnc(NC(=S)NC(=O)CC(C)C)n1. The highest BCUT2D eigenvalue weighted by atomic mass is 32.1. The predicted molar refractivity (Wildman–Crippen MR) is 76.5 cm³/mol. The molecule has 0 aromatic carbocycles. The first-order valence-corrected chi connectivity index (χ1v) is 6.80. The van der Waals surface area contributed by atoms with E-state index in [1.54, 1.807) is 0 Å². The van der Waals surface area contributed by atoms with E-state index in [1.807, 2.05) is 13.8 Å². The minimum Gasteiger partial charge on any atom is -0.303 e. The molecule has 1 rings (SSSR count). The first-order valence-electron chi connectivity index (χ1n) is 6.40. The molecule has 0 atom stereocenters. The lowest BCUT2D eigenvalue weighted by Gasteiger charge is -2.07. The number of carbonyl (C=O) groups is 1. The zero-order valence-electron chi connectivity index (χ0n) is 11.5. The van der Waals surface area contributed by atoms with E-state index in [2.05, 4.69) is 33.0 Å². The van der Waals surface area contributed by atoms with Crippen molar-refractivity contribution >= 4 is 29.2 Å². The molecule has 19 heavy (non-hydrogen) atoms. The third-order valence-electron chi connectivity index (χ3n) is 2.24. The van der Waals surface area contributed by atoms with Gasteiger partial charge in [-0.15, -0.1) is 5.10 Å². The van der Waals surface area contributed by atoms with Gasteiger partial charge in [-0.1, -0.05) is 32.3 Å². The van der Waals surface area contributed by atoms with E-state index >= 15 is 0 Å². The second-order valence-corrected chi connectivity index (χ2v) is 5.07. The molecule has 106 valence electrons. The fourth-order valence-corrected chi connectivity index (χ4v) is 1.57. The number of rotatable bonds is 6. The molecule has 7 nitrogen and oxygen atoms in total. The number of carbonyl (C=O) groups excluding carboxylic acids is 1. The van der Waals surface area contributed by atoms with E-state index in [0.29, 0.717) is 12.4 Å². The molecule has 0 unspecified atom stereocenters. The third kappa shape index (κ3) is 6.23. The molecular formula is C11H20N6OS. The lowest BCUT2D eigenvalue weighted by atomic mass is 10.1. The van der Waals surface area contributed by atoms with Gasteiger partial charge in [-0.2, -0.15) is 4.80 Å². The fraction of sp³-hybridized carbons (Fsp3) is 0.727. The van der Waals surface area contributed by atoms with Gasteiger partial charge in [-0.3, -0.25) is 10.1 Å². The van der Waals surface area contributed by atoms with Crippen molar-refractivity contribution in [3.05, 3.63) is 0 Å². The Labute approximate surface area is 118 Å². The molecule has 8 heteroatoms. The Morgan fingerprint density at radius 1 is 1.47 bits per heavy atom. The second-order valence-electron chi connectivity index (χ2n) is 4.66. The molecule has 1 heterocycles. The van der Waals surface area contributed by atoms with Gasteiger partial charge >= 0.3 is 0 Å². The molecule has 1 amide bonds. The highest BCUT2D eigenvalue weighted by Crippen LogP contribution is 1.99. The summed E-state index contributed by atoms with van der Waals surface area (Å²) < 4.78 is 0. The summed E-state index contributed by atoms with van der Waals surface area (Å²) in [5.41, 5.74) is 0. The van der Waals surface area contributed by atoms with Gasteiger partial charge in [0.15, 0.2) is 5.11 Å². The van der Waals surface area contributed by atoms with Crippen LogP contribution in [0.15, 0.2) is 0 Å². The summed E-state index contributed by atoms with van der Waals surface area (Å²) in [4.78, 5) is 13.0. The Kier molecular flexibility index (Phi) is 6.34. The smallest absolute Gasteiger partial charge is 0.269 e. The zero-order chi connectivity index (χ0) is 14.3. The van der Waals surface area contributed by atoms with E-state index in [-0.39, 0.29) is 16.9 Å². The molecule has 0 radical (unpaired) electrons. The maximum absolute atomic E-state index is 11.5. The molecule has 0 aliphatic carbocycles. The van der Waals surface area contributed by atoms with E-state index in [9.17, 15) is 4.79 Å². The van der Waals surface area contributed by atoms with Crippen molar-refractivity contribution in [2.24, 2.45) is 5.92 Å². The van der Waals surface area contributed by atoms with Crippen LogP contribution in [0.1, 0.15) is 40.0 Å². The molecule has 0 saturated carbocycles. The average Bonchev–Trinajstić information content (AvgIpc) is 2.72. The molecule has 0 aliphatic heterocycles. The summed E-state index contributed by atoms with van der Waals surface area (Å²) in [5.74, 6) is 0.465. The quantitative estimate of drug-likeness (QED) is 0.767. The van der Waals surface area contributed by atoms with Crippen LogP contribution in [0.25, 0.3) is 0 Å². The van der Waals surface area contributed by atoms with Gasteiger partial charge in [-0.25, -0.2) is 0 Å². The number of anilines is 1. The summed E-state index contributed by atoms with van der Waals surface area (Å²) in [7, 11) is 0. The standard InChI is InChI=1S/C11H20N6OS/c1-4-5-6-17-15-10(14-16-17)13-11(19)12-9(18)7-8(2)3/h8H,4-7H2,1-3H3,(H2,12,13,15,18,19). The van der Waals surface area contributed by atoms with Crippen molar-refractivity contribution < 1.29 is 4.79 Å². The molecule has 0 fully saturated rings. The van der Waals surface area contributed by atoms with Crippen LogP contribution in [0.4, 0.5) is 5.95 Å². The third-order valence-corrected chi connectivity index (χ3v) is 2.44. The number of nitrogens with one attached hydrogen (secondary N) is 2. The number of hydrogen-bond acceptors (Lipinski definition) is 5. The summed E-state index contributed by atoms with van der Waals surface area (Å²) >= 11 is 5.00. The van der Waals surface area contributed by atoms with E-state index < -0.39 is 0 Å². The van der Waals surface area contributed by atoms with Crippen LogP contribution in [0.3, 0.4) is 0 Å². The van der Waals surface area contributed by atoms with Gasteiger partial charge in [-0.05, 0) is 29.8 Å². The van der Waals surface area contributed by atoms with Crippen molar-refractivity contribution in [1.82, 2.24) is 25.5 Å². The predicted octanol–water partition coefficient (Wildman–Crippen LogP) is 1.33. The van der Waals surface area contributed by atoms with Gasteiger partial charge < -0.3 is 5.32 Å². The topological polar surface area (TPSA) is 84.7 Å². The Morgan fingerprint density at radius 3 is 2.84 bits per heavy atom. The van der Waals surface area contributed by atoms with Crippen LogP contribution in [0.5, 0.6) is 0 Å². The average molecular weight is 284 g/mol. The molecule has 0 spiro atoms. The lowest BCUT2D eigenvalue weighted by Crippen LogP contribution is -2.35. The van der Waals surface area contributed by atoms with Crippen molar-refractivity contribution in [2.75, 3.05) is 5.32 Å². The number of unbranched alkanes of at least 4 members (excludes halogenated alkanes) is 1. The van der Waals surface area contributed by atoms with Crippen LogP contribution < -0.4 is 10.6 Å². The van der Waals surface area contributed by atoms with E-state index in [1.165, 1.54) is 4.80 Å². The van der Waals surface area contributed by atoms with Crippen LogP contribution in [-0.2, 0) is 11.3 Å². The number of amides is 1. The Bertz CT molecular complexity index is 431. The number of aromatic nitrogens is 4. The van der Waals surface area contributed by atoms with Gasteiger partial charge in [0.1, 0.15) is 0 Å². The van der Waals surface area contributed by atoms with Crippen LogP contribution >= 0.6 is 12.2 Å². The monoisotopic (exact) mass is 284 g/mol. The Balaban J connectivity index is 2.39. The van der Waals surface area contributed by atoms with E-state index in [0.717, 1.165) is 19.4 Å². The summed E-state index contributed by atoms with van der Waals surface area (Å²) in [6.07, 6.45) is 2.48. The van der Waals surface area contributed by atoms with Gasteiger partial charge in [0, 0.05) is 6.42 Å². The first-order chi connectivity index (χ1) is 9.01. The van der Waals surface area contributed by atoms with Crippen LogP contribution in [0, 0.1) is 5.92 Å². The molecule has 0 bridgehead atoms. The molecule has 0 aliphatic rings. The number of nitrogens with zero attached hydrogens (tertiary/aromatic N) is 4. The number of aryl methyl sites for hydroxylation is 1. The van der Waals surface area contributed by atoms with Crippen molar-refractivity contribution in [3.8, 4) is 0 Å². The summed E-state index contributed by atoms with van der Waals surface area (Å²) in [6, 6.07) is 0. The van der Waals surface area contributed by atoms with Gasteiger partial charge in [0.2, 0.25) is 5.91 Å². The Hall–Kier alpha value is -1.57. The lowest BCUT2D eigenvalue weighted by molar-refractivity contribution is -0.120. The molecule has 0 saturated heterocycles. The largest absolute Gasteiger partial charge is 0.303 e. The number of thiocarbonyl (C=S) groups is 1. The maximum Gasteiger partial charge on any atom is 0.269 e. The molecule has 2 N–H and O–H groups in total. The van der Waals surface area contributed by atoms with Gasteiger partial charge in [0.25, 0.3) is 5.95 Å². The molecule has 1 aromatic rings. The maximum atomic E-state index is 11.5. The minimum atomic E-state index is -0.120. The second kappa shape index (κ2) is 7.78.